The Hall–Kier alpha value is -4.41. The van der Waals surface area contributed by atoms with Gasteiger partial charge in [-0.05, 0) is 42.0 Å². The lowest BCUT2D eigenvalue weighted by molar-refractivity contribution is -0.137. The van der Waals surface area contributed by atoms with Gasteiger partial charge in [-0.2, -0.15) is 18.3 Å². The van der Waals surface area contributed by atoms with Gasteiger partial charge in [-0.1, -0.05) is 6.07 Å². The third kappa shape index (κ3) is 4.27. The number of alkyl halides is 3. The molecule has 2 aromatic carbocycles. The van der Waals surface area contributed by atoms with Crippen molar-refractivity contribution in [3.05, 3.63) is 78.4 Å². The van der Waals surface area contributed by atoms with E-state index in [1.54, 1.807) is 25.5 Å². The fourth-order valence-corrected chi connectivity index (χ4v) is 3.56. The molecule has 2 N–H and O–H groups in total. The van der Waals surface area contributed by atoms with E-state index in [1.165, 1.54) is 16.8 Å². The minimum absolute atomic E-state index is 0.0485. The number of hydrogen-bond acceptors (Lipinski definition) is 5. The molecule has 0 aliphatic heterocycles. The van der Waals surface area contributed by atoms with Gasteiger partial charge in [0.1, 0.15) is 6.42 Å². The van der Waals surface area contributed by atoms with E-state index in [0.717, 1.165) is 34.2 Å². The van der Waals surface area contributed by atoms with E-state index in [0.29, 0.717) is 17.3 Å². The molecule has 3 aromatic heterocycles. The number of rotatable bonds is 5. The quantitative estimate of drug-likeness (QED) is 0.383. The number of aromatic nitrogens is 5. The molecule has 0 saturated carbocycles. The molecule has 0 atom stereocenters. The van der Waals surface area contributed by atoms with Crippen molar-refractivity contribution in [1.29, 1.82) is 0 Å². The number of hydrogen-bond donors (Lipinski definition) is 2. The molecule has 0 fully saturated rings. The summed E-state index contributed by atoms with van der Waals surface area (Å²) in [6.45, 7) is 1.65. The van der Waals surface area contributed by atoms with Gasteiger partial charge >= 0.3 is 6.18 Å². The number of halogens is 3. The molecule has 5 rings (SSSR count). The Morgan fingerprint density at radius 1 is 1.12 bits per heavy atom. The third-order valence-electron chi connectivity index (χ3n) is 5.21. The van der Waals surface area contributed by atoms with Crippen molar-refractivity contribution in [2.45, 2.75) is 19.5 Å². The van der Waals surface area contributed by atoms with E-state index >= 15 is 0 Å². The number of fused-ring (bicyclic) bond motifs is 1. The fourth-order valence-electron chi connectivity index (χ4n) is 3.56. The lowest BCUT2D eigenvalue weighted by atomic mass is 10.1. The van der Waals surface area contributed by atoms with Crippen molar-refractivity contribution in [2.75, 3.05) is 5.32 Å². The van der Waals surface area contributed by atoms with Gasteiger partial charge in [0.2, 0.25) is 17.7 Å². The SMILES string of the molecule is Cc1nnc(CC(=O)Nc2c[nH]c3ccc(-c4cnn(-c5ccc(C(F)(F)F)cc5)c4)cc23)o1. The summed E-state index contributed by atoms with van der Waals surface area (Å²) in [7, 11) is 0. The summed E-state index contributed by atoms with van der Waals surface area (Å²) in [4.78, 5) is 15.5. The van der Waals surface area contributed by atoms with Crippen LogP contribution in [0.1, 0.15) is 17.3 Å². The van der Waals surface area contributed by atoms with Crippen LogP contribution in [-0.2, 0) is 17.4 Å². The summed E-state index contributed by atoms with van der Waals surface area (Å²) in [6.07, 6.45) is 0.607. The average molecular weight is 466 g/mol. The highest BCUT2D eigenvalue weighted by Crippen LogP contribution is 2.31. The molecule has 34 heavy (non-hydrogen) atoms. The second-order valence-corrected chi connectivity index (χ2v) is 7.62. The van der Waals surface area contributed by atoms with Gasteiger partial charge in [-0.15, -0.1) is 10.2 Å². The van der Waals surface area contributed by atoms with Crippen molar-refractivity contribution in [3.63, 3.8) is 0 Å². The maximum absolute atomic E-state index is 12.8. The lowest BCUT2D eigenvalue weighted by Crippen LogP contribution is -2.14. The summed E-state index contributed by atoms with van der Waals surface area (Å²) < 4.78 is 45.2. The van der Waals surface area contributed by atoms with Crippen molar-refractivity contribution in [2.24, 2.45) is 0 Å². The predicted octanol–water partition coefficient (Wildman–Crippen LogP) is 4.91. The highest BCUT2D eigenvalue weighted by Gasteiger charge is 2.30. The van der Waals surface area contributed by atoms with Gasteiger partial charge in [-0.3, -0.25) is 4.79 Å². The van der Waals surface area contributed by atoms with Crippen molar-refractivity contribution in [1.82, 2.24) is 25.0 Å². The Morgan fingerprint density at radius 3 is 2.62 bits per heavy atom. The molecule has 3 heterocycles. The monoisotopic (exact) mass is 466 g/mol. The number of benzene rings is 2. The van der Waals surface area contributed by atoms with E-state index in [9.17, 15) is 18.0 Å². The summed E-state index contributed by atoms with van der Waals surface area (Å²) in [5, 5.41) is 15.4. The average Bonchev–Trinajstić information content (AvgIpc) is 3.54. The smallest absolute Gasteiger partial charge is 0.416 e. The Kier molecular flexibility index (Phi) is 5.16. The van der Waals surface area contributed by atoms with Crippen LogP contribution < -0.4 is 5.32 Å². The van der Waals surface area contributed by atoms with Gasteiger partial charge in [0, 0.05) is 35.8 Å². The van der Waals surface area contributed by atoms with Crippen molar-refractivity contribution < 1.29 is 22.4 Å². The first kappa shape index (κ1) is 21.4. The Balaban J connectivity index is 1.37. The number of nitrogens with one attached hydrogen (secondary N) is 2. The van der Waals surface area contributed by atoms with Gasteiger partial charge in [0.25, 0.3) is 0 Å². The molecule has 0 bridgehead atoms. The van der Waals surface area contributed by atoms with E-state index in [1.807, 2.05) is 18.2 Å². The third-order valence-corrected chi connectivity index (χ3v) is 5.21. The normalized spacial score (nSPS) is 11.8. The van der Waals surface area contributed by atoms with Crippen LogP contribution in [0.2, 0.25) is 0 Å². The zero-order valence-corrected chi connectivity index (χ0v) is 17.7. The molecular formula is C23H17F3N6O2. The van der Waals surface area contributed by atoms with Crippen LogP contribution in [0.4, 0.5) is 18.9 Å². The summed E-state index contributed by atoms with van der Waals surface area (Å²) in [6, 6.07) is 10.4. The van der Waals surface area contributed by atoms with Crippen LogP contribution in [0, 0.1) is 6.92 Å². The molecule has 0 saturated heterocycles. The number of carbonyl (C=O) groups excluding carboxylic acids is 1. The minimum atomic E-state index is -4.39. The van der Waals surface area contributed by atoms with Crippen LogP contribution in [-0.4, -0.2) is 30.9 Å². The molecule has 8 nitrogen and oxygen atoms in total. The Bertz CT molecular complexity index is 1480. The van der Waals surface area contributed by atoms with E-state index < -0.39 is 11.7 Å². The number of aryl methyl sites for hydroxylation is 1. The first-order valence-electron chi connectivity index (χ1n) is 10.2. The van der Waals surface area contributed by atoms with Gasteiger partial charge < -0.3 is 14.7 Å². The topological polar surface area (TPSA) is 102 Å². The molecule has 1 amide bonds. The van der Waals surface area contributed by atoms with Gasteiger partial charge in [0.15, 0.2) is 0 Å². The van der Waals surface area contributed by atoms with Gasteiger partial charge in [-0.25, -0.2) is 4.68 Å². The second-order valence-electron chi connectivity index (χ2n) is 7.62. The molecule has 0 spiro atoms. The van der Waals surface area contributed by atoms with Gasteiger partial charge in [0.05, 0.1) is 23.1 Å². The Labute approximate surface area is 190 Å². The highest BCUT2D eigenvalue weighted by atomic mass is 19.4. The van der Waals surface area contributed by atoms with Crippen molar-refractivity contribution in [3.8, 4) is 16.8 Å². The number of anilines is 1. The molecule has 172 valence electrons. The minimum Gasteiger partial charge on any atom is -0.425 e. The molecular weight excluding hydrogens is 449 g/mol. The number of carbonyl (C=O) groups is 1. The van der Waals surface area contributed by atoms with Crippen LogP contribution in [0.3, 0.4) is 0 Å². The lowest BCUT2D eigenvalue weighted by Gasteiger charge is -2.07. The molecule has 0 aliphatic carbocycles. The molecule has 11 heteroatoms. The standard InChI is InChI=1S/C23H17F3N6O2/c1-13-30-31-22(34-13)9-21(33)29-20-11-27-19-7-2-14(8-18(19)20)15-10-28-32(12-15)17-5-3-16(4-6-17)23(24,25)26/h2-8,10-12,27H,9H2,1H3,(H,29,33). The predicted molar refractivity (Wildman–Crippen MR) is 117 cm³/mol. The maximum Gasteiger partial charge on any atom is 0.416 e. The van der Waals surface area contributed by atoms with Crippen LogP contribution in [0.5, 0.6) is 0 Å². The fraction of sp³-hybridized carbons (Fsp3) is 0.130. The summed E-state index contributed by atoms with van der Waals surface area (Å²) in [5.74, 6) is 0.313. The molecule has 0 radical (unpaired) electrons. The number of aromatic amines is 1. The maximum atomic E-state index is 12.8. The zero-order valence-electron chi connectivity index (χ0n) is 17.7. The van der Waals surface area contributed by atoms with E-state index in [2.05, 4.69) is 25.6 Å². The molecule has 5 aromatic rings. The van der Waals surface area contributed by atoms with Crippen LogP contribution in [0.25, 0.3) is 27.7 Å². The summed E-state index contributed by atoms with van der Waals surface area (Å²) in [5.41, 5.74) is 2.79. The molecule has 0 aliphatic rings. The largest absolute Gasteiger partial charge is 0.425 e. The molecule has 0 unspecified atom stereocenters. The van der Waals surface area contributed by atoms with E-state index in [4.69, 9.17) is 4.42 Å². The number of nitrogens with zero attached hydrogens (tertiary/aromatic N) is 4. The Morgan fingerprint density at radius 2 is 1.91 bits per heavy atom. The zero-order chi connectivity index (χ0) is 23.9. The van der Waals surface area contributed by atoms with Crippen molar-refractivity contribution >= 4 is 22.5 Å². The number of amides is 1. The second kappa shape index (κ2) is 8.18. The van der Waals surface area contributed by atoms with Crippen LogP contribution in [0.15, 0.2) is 65.5 Å². The highest BCUT2D eigenvalue weighted by molar-refractivity contribution is 6.03. The first-order valence-corrected chi connectivity index (χ1v) is 10.2. The van der Waals surface area contributed by atoms with Crippen LogP contribution >= 0.6 is 0 Å². The van der Waals surface area contributed by atoms with E-state index in [-0.39, 0.29) is 18.2 Å². The summed E-state index contributed by atoms with van der Waals surface area (Å²) >= 11 is 0. The first-order chi connectivity index (χ1) is 16.3. The number of H-pyrrole nitrogens is 1.